The first-order valence-electron chi connectivity index (χ1n) is 7.71. The summed E-state index contributed by atoms with van der Waals surface area (Å²) in [5, 5.41) is 10.1. The van der Waals surface area contributed by atoms with E-state index in [1.54, 1.807) is 12.1 Å². The van der Waals surface area contributed by atoms with Crippen LogP contribution in [0.5, 0.6) is 0 Å². The maximum Gasteiger partial charge on any atom is 0.229 e. The Kier molecular flexibility index (Phi) is 6.19. The van der Waals surface area contributed by atoms with Crippen LogP contribution in [0.2, 0.25) is 0 Å². The molecule has 0 radical (unpaired) electrons. The van der Waals surface area contributed by atoms with Gasteiger partial charge in [0, 0.05) is 5.69 Å². The number of sulfonamides is 1. The van der Waals surface area contributed by atoms with E-state index in [1.165, 1.54) is 5.56 Å². The molecule has 1 unspecified atom stereocenters. The predicted molar refractivity (Wildman–Crippen MR) is 94.0 cm³/mol. The first kappa shape index (κ1) is 17.5. The molecule has 0 bridgehead atoms. The largest absolute Gasteiger partial charge is 0.393 e. The van der Waals surface area contributed by atoms with Gasteiger partial charge in [-0.2, -0.15) is 0 Å². The van der Waals surface area contributed by atoms with Crippen molar-refractivity contribution in [3.8, 4) is 0 Å². The van der Waals surface area contributed by atoms with Crippen molar-refractivity contribution in [1.82, 2.24) is 0 Å². The van der Waals surface area contributed by atoms with Crippen LogP contribution in [-0.4, -0.2) is 25.9 Å². The van der Waals surface area contributed by atoms with Crippen molar-refractivity contribution in [2.45, 2.75) is 31.8 Å². The molecular formula is C18H23NO3S. The molecule has 0 heterocycles. The van der Waals surface area contributed by atoms with E-state index in [0.29, 0.717) is 12.1 Å². The fourth-order valence-electron chi connectivity index (χ4n) is 2.41. The standard InChI is InChI=1S/C18H23NO3S/c1-23(21,22)19-17-11-7-16(8-12-17)10-14-18(20)13-9-15-5-3-2-4-6-15/h2-8,11-12,18-20H,9-10,13-14H2,1H3. The number of hydrogen-bond donors (Lipinski definition) is 2. The number of aliphatic hydroxyl groups is 1. The smallest absolute Gasteiger partial charge is 0.229 e. The number of nitrogens with one attached hydrogen (secondary N) is 1. The Hall–Kier alpha value is -1.85. The molecule has 0 aliphatic heterocycles. The molecule has 0 amide bonds. The van der Waals surface area contributed by atoms with E-state index in [-0.39, 0.29) is 6.10 Å². The van der Waals surface area contributed by atoms with Gasteiger partial charge in [-0.05, 0) is 48.9 Å². The van der Waals surface area contributed by atoms with Gasteiger partial charge in [0.1, 0.15) is 0 Å². The summed E-state index contributed by atoms with van der Waals surface area (Å²) in [7, 11) is -3.24. The summed E-state index contributed by atoms with van der Waals surface area (Å²) >= 11 is 0. The second kappa shape index (κ2) is 8.13. The molecular weight excluding hydrogens is 310 g/mol. The van der Waals surface area contributed by atoms with Gasteiger partial charge in [-0.25, -0.2) is 8.42 Å². The molecule has 0 fully saturated rings. The van der Waals surface area contributed by atoms with Gasteiger partial charge in [0.2, 0.25) is 10.0 Å². The van der Waals surface area contributed by atoms with Gasteiger partial charge < -0.3 is 5.11 Å². The third-order valence-electron chi connectivity index (χ3n) is 3.63. The van der Waals surface area contributed by atoms with Crippen molar-refractivity contribution in [3.63, 3.8) is 0 Å². The van der Waals surface area contributed by atoms with E-state index in [4.69, 9.17) is 0 Å². The van der Waals surface area contributed by atoms with E-state index in [9.17, 15) is 13.5 Å². The van der Waals surface area contributed by atoms with E-state index < -0.39 is 10.0 Å². The highest BCUT2D eigenvalue weighted by molar-refractivity contribution is 7.92. The summed E-state index contributed by atoms with van der Waals surface area (Å²) in [6.45, 7) is 0. The summed E-state index contributed by atoms with van der Waals surface area (Å²) in [5.41, 5.74) is 2.88. The SMILES string of the molecule is CS(=O)(=O)Nc1ccc(CCC(O)CCc2ccccc2)cc1. The molecule has 124 valence electrons. The molecule has 0 saturated carbocycles. The Morgan fingerprint density at radius 1 is 0.913 bits per heavy atom. The average Bonchev–Trinajstić information content (AvgIpc) is 2.52. The summed E-state index contributed by atoms with van der Waals surface area (Å²) < 4.78 is 24.7. The van der Waals surface area contributed by atoms with Crippen LogP contribution in [0.4, 0.5) is 5.69 Å². The van der Waals surface area contributed by atoms with Gasteiger partial charge in [0.25, 0.3) is 0 Å². The van der Waals surface area contributed by atoms with Crippen LogP contribution in [0, 0.1) is 0 Å². The number of hydrogen-bond acceptors (Lipinski definition) is 3. The summed E-state index contributed by atoms with van der Waals surface area (Å²) in [5.74, 6) is 0. The molecule has 2 aromatic carbocycles. The van der Waals surface area contributed by atoms with Crippen molar-refractivity contribution in [3.05, 3.63) is 65.7 Å². The Bertz CT molecular complexity index is 697. The second-order valence-corrected chi connectivity index (χ2v) is 7.54. The lowest BCUT2D eigenvalue weighted by Crippen LogP contribution is -2.10. The Morgan fingerprint density at radius 2 is 1.43 bits per heavy atom. The number of aliphatic hydroxyl groups excluding tert-OH is 1. The highest BCUT2D eigenvalue weighted by atomic mass is 32.2. The molecule has 0 aliphatic carbocycles. The van der Waals surface area contributed by atoms with Gasteiger partial charge in [-0.15, -0.1) is 0 Å². The number of aryl methyl sites for hydroxylation is 2. The second-order valence-electron chi connectivity index (χ2n) is 5.79. The number of benzene rings is 2. The van der Waals surface area contributed by atoms with E-state index >= 15 is 0 Å². The lowest BCUT2D eigenvalue weighted by atomic mass is 10.0. The fraction of sp³-hybridized carbons (Fsp3) is 0.333. The molecule has 2 rings (SSSR count). The van der Waals surface area contributed by atoms with Crippen molar-refractivity contribution in [2.75, 3.05) is 11.0 Å². The molecule has 0 saturated heterocycles. The fourth-order valence-corrected chi connectivity index (χ4v) is 2.97. The van der Waals surface area contributed by atoms with Gasteiger partial charge in [-0.3, -0.25) is 4.72 Å². The zero-order valence-electron chi connectivity index (χ0n) is 13.3. The molecule has 1 atom stereocenters. The van der Waals surface area contributed by atoms with E-state index in [0.717, 1.165) is 31.1 Å². The Morgan fingerprint density at radius 3 is 1.96 bits per heavy atom. The molecule has 2 N–H and O–H groups in total. The zero-order valence-corrected chi connectivity index (χ0v) is 14.1. The Labute approximate surface area is 138 Å². The maximum atomic E-state index is 11.1. The van der Waals surface area contributed by atoms with Crippen LogP contribution < -0.4 is 4.72 Å². The van der Waals surface area contributed by atoms with Crippen LogP contribution in [0.1, 0.15) is 24.0 Å². The minimum absolute atomic E-state index is 0.330. The van der Waals surface area contributed by atoms with Crippen LogP contribution in [-0.2, 0) is 22.9 Å². The first-order chi connectivity index (χ1) is 10.9. The van der Waals surface area contributed by atoms with E-state index in [1.807, 2.05) is 30.3 Å². The minimum atomic E-state index is -3.24. The summed E-state index contributed by atoms with van der Waals surface area (Å²) in [6, 6.07) is 17.4. The zero-order chi connectivity index (χ0) is 16.7. The van der Waals surface area contributed by atoms with Crippen LogP contribution in [0.3, 0.4) is 0 Å². The predicted octanol–water partition coefficient (Wildman–Crippen LogP) is 2.98. The molecule has 0 aromatic heterocycles. The molecule has 23 heavy (non-hydrogen) atoms. The van der Waals surface area contributed by atoms with E-state index in [2.05, 4.69) is 16.9 Å². The molecule has 5 heteroatoms. The summed E-state index contributed by atoms with van der Waals surface area (Å²) in [6.07, 6.45) is 3.89. The first-order valence-corrected chi connectivity index (χ1v) is 9.60. The highest BCUT2D eigenvalue weighted by Crippen LogP contribution is 2.14. The third-order valence-corrected chi connectivity index (χ3v) is 4.24. The van der Waals surface area contributed by atoms with Crippen molar-refractivity contribution in [1.29, 1.82) is 0 Å². The Balaban J connectivity index is 1.76. The molecule has 4 nitrogen and oxygen atoms in total. The van der Waals surface area contributed by atoms with Gasteiger partial charge in [0.05, 0.1) is 12.4 Å². The normalized spacial score (nSPS) is 12.8. The van der Waals surface area contributed by atoms with Crippen LogP contribution in [0.15, 0.2) is 54.6 Å². The average molecular weight is 333 g/mol. The van der Waals surface area contributed by atoms with Gasteiger partial charge in [0.15, 0.2) is 0 Å². The van der Waals surface area contributed by atoms with Gasteiger partial charge >= 0.3 is 0 Å². The lowest BCUT2D eigenvalue weighted by molar-refractivity contribution is 0.155. The highest BCUT2D eigenvalue weighted by Gasteiger charge is 2.06. The monoisotopic (exact) mass is 333 g/mol. The third kappa shape index (κ3) is 6.84. The maximum absolute atomic E-state index is 11.1. The van der Waals surface area contributed by atoms with Crippen LogP contribution >= 0.6 is 0 Å². The van der Waals surface area contributed by atoms with Crippen LogP contribution in [0.25, 0.3) is 0 Å². The van der Waals surface area contributed by atoms with Crippen molar-refractivity contribution in [2.24, 2.45) is 0 Å². The minimum Gasteiger partial charge on any atom is -0.393 e. The van der Waals surface area contributed by atoms with Gasteiger partial charge in [-0.1, -0.05) is 42.5 Å². The quantitative estimate of drug-likeness (QED) is 0.780. The molecule has 0 spiro atoms. The topological polar surface area (TPSA) is 66.4 Å². The summed E-state index contributed by atoms with van der Waals surface area (Å²) in [4.78, 5) is 0. The number of anilines is 1. The lowest BCUT2D eigenvalue weighted by Gasteiger charge is -2.11. The van der Waals surface area contributed by atoms with Crippen molar-refractivity contribution >= 4 is 15.7 Å². The number of rotatable bonds is 8. The molecule has 0 aliphatic rings. The molecule has 2 aromatic rings. The van der Waals surface area contributed by atoms with Crippen molar-refractivity contribution < 1.29 is 13.5 Å².